The van der Waals surface area contributed by atoms with Crippen LogP contribution in [0.4, 0.5) is 13.2 Å². The molecule has 0 aromatic heterocycles. The third kappa shape index (κ3) is 2.40. The van der Waals surface area contributed by atoms with E-state index < -0.39 is 30.5 Å². The smallest absolute Gasteiger partial charge is 0.321 e. The minimum absolute atomic E-state index is 2.12. The SMILES string of the molecule is O=C(O)C(C(=O)O)C(F)C(F)F. The Morgan fingerprint density at radius 3 is 1.42 bits per heavy atom. The van der Waals surface area contributed by atoms with Crippen molar-refractivity contribution in [1.29, 1.82) is 0 Å². The maximum Gasteiger partial charge on any atom is 0.321 e. The van der Waals surface area contributed by atoms with Crippen molar-refractivity contribution in [1.82, 2.24) is 0 Å². The predicted molar refractivity (Wildman–Crippen MR) is 29.7 cm³/mol. The van der Waals surface area contributed by atoms with Gasteiger partial charge in [0.15, 0.2) is 12.1 Å². The highest BCUT2D eigenvalue weighted by atomic mass is 19.3. The maximum atomic E-state index is 12.2. The van der Waals surface area contributed by atoms with Gasteiger partial charge in [0.25, 0.3) is 6.43 Å². The van der Waals surface area contributed by atoms with Crippen molar-refractivity contribution < 1.29 is 33.0 Å². The van der Waals surface area contributed by atoms with Gasteiger partial charge < -0.3 is 10.2 Å². The molecule has 0 rings (SSSR count). The molecule has 1 unspecified atom stereocenters. The van der Waals surface area contributed by atoms with E-state index in [0.29, 0.717) is 0 Å². The molecule has 0 aromatic carbocycles. The van der Waals surface area contributed by atoms with Crippen LogP contribution in [-0.2, 0) is 9.59 Å². The quantitative estimate of drug-likeness (QED) is 0.622. The maximum absolute atomic E-state index is 12.2. The number of rotatable bonds is 4. The van der Waals surface area contributed by atoms with E-state index in [0.717, 1.165) is 0 Å². The zero-order chi connectivity index (χ0) is 9.89. The van der Waals surface area contributed by atoms with Gasteiger partial charge in [-0.3, -0.25) is 9.59 Å². The molecule has 0 aliphatic carbocycles. The number of aliphatic carboxylic acids is 2. The molecule has 0 amide bonds. The Hall–Kier alpha value is -1.27. The van der Waals surface area contributed by atoms with Crippen LogP contribution in [0.1, 0.15) is 0 Å². The van der Waals surface area contributed by atoms with E-state index in [1.165, 1.54) is 0 Å². The zero-order valence-corrected chi connectivity index (χ0v) is 5.58. The standard InChI is InChI=1S/C5H5F3O4/c6-2(3(7)8)1(4(9)10)5(11)12/h1-3H,(H,9,10)(H,11,12). The van der Waals surface area contributed by atoms with Gasteiger partial charge in [-0.25, -0.2) is 13.2 Å². The zero-order valence-electron chi connectivity index (χ0n) is 5.58. The van der Waals surface area contributed by atoms with Crippen molar-refractivity contribution in [2.24, 2.45) is 5.92 Å². The summed E-state index contributed by atoms with van der Waals surface area (Å²) in [7, 11) is 0. The average molecular weight is 186 g/mol. The summed E-state index contributed by atoms with van der Waals surface area (Å²) >= 11 is 0. The minimum Gasteiger partial charge on any atom is -0.481 e. The van der Waals surface area contributed by atoms with Gasteiger partial charge in [0.2, 0.25) is 0 Å². The van der Waals surface area contributed by atoms with Gasteiger partial charge in [-0.05, 0) is 0 Å². The van der Waals surface area contributed by atoms with Gasteiger partial charge in [-0.1, -0.05) is 0 Å². The fourth-order valence-corrected chi connectivity index (χ4v) is 0.524. The molecule has 0 saturated heterocycles. The molecule has 0 spiro atoms. The Labute approximate surface area is 64.6 Å². The number of halogens is 3. The largest absolute Gasteiger partial charge is 0.481 e. The van der Waals surface area contributed by atoms with Crippen LogP contribution in [0.5, 0.6) is 0 Å². The molecule has 0 heterocycles. The Kier molecular flexibility index (Phi) is 3.52. The van der Waals surface area contributed by atoms with Crippen molar-refractivity contribution in [2.75, 3.05) is 0 Å². The van der Waals surface area contributed by atoms with Crippen LogP contribution in [0.25, 0.3) is 0 Å². The second-order valence-corrected chi connectivity index (χ2v) is 1.93. The molecule has 0 bridgehead atoms. The molecule has 0 aliphatic heterocycles. The third-order valence-corrected chi connectivity index (χ3v) is 1.09. The molecule has 0 aromatic rings. The lowest BCUT2D eigenvalue weighted by Gasteiger charge is -2.11. The van der Waals surface area contributed by atoms with E-state index in [9.17, 15) is 22.8 Å². The van der Waals surface area contributed by atoms with Gasteiger partial charge in [-0.2, -0.15) is 0 Å². The van der Waals surface area contributed by atoms with Crippen LogP contribution in [-0.4, -0.2) is 34.7 Å². The second-order valence-electron chi connectivity index (χ2n) is 1.93. The highest BCUT2D eigenvalue weighted by Crippen LogP contribution is 2.16. The van der Waals surface area contributed by atoms with E-state index in [1.54, 1.807) is 0 Å². The number of carbonyl (C=O) groups is 2. The fraction of sp³-hybridized carbons (Fsp3) is 0.600. The van der Waals surface area contributed by atoms with Crippen LogP contribution in [0, 0.1) is 5.92 Å². The van der Waals surface area contributed by atoms with E-state index in [-0.39, 0.29) is 0 Å². The van der Waals surface area contributed by atoms with Gasteiger partial charge in [0.05, 0.1) is 0 Å². The Morgan fingerprint density at radius 1 is 1.00 bits per heavy atom. The molecular weight excluding hydrogens is 181 g/mol. The van der Waals surface area contributed by atoms with E-state index in [4.69, 9.17) is 10.2 Å². The molecule has 0 saturated carbocycles. The molecular formula is C5H5F3O4. The van der Waals surface area contributed by atoms with Crippen LogP contribution in [0.2, 0.25) is 0 Å². The summed E-state index contributed by atoms with van der Waals surface area (Å²) in [5.41, 5.74) is 0. The first-order valence-corrected chi connectivity index (χ1v) is 2.75. The lowest BCUT2D eigenvalue weighted by atomic mass is 10.1. The molecule has 7 heteroatoms. The lowest BCUT2D eigenvalue weighted by molar-refractivity contribution is -0.161. The number of alkyl halides is 3. The minimum atomic E-state index is -3.61. The number of carboxylic acid groups (broad SMARTS) is 2. The number of carboxylic acids is 2. The Balaban J connectivity index is 4.52. The van der Waals surface area contributed by atoms with Gasteiger partial charge in [-0.15, -0.1) is 0 Å². The monoisotopic (exact) mass is 186 g/mol. The topological polar surface area (TPSA) is 74.6 Å². The first-order valence-electron chi connectivity index (χ1n) is 2.75. The Morgan fingerprint density at radius 2 is 1.33 bits per heavy atom. The first-order chi connectivity index (χ1) is 5.37. The summed E-state index contributed by atoms with van der Waals surface area (Å²) in [5.74, 6) is -6.93. The van der Waals surface area contributed by atoms with E-state index in [2.05, 4.69) is 0 Å². The summed E-state index contributed by atoms with van der Waals surface area (Å²) in [4.78, 5) is 19.9. The highest BCUT2D eigenvalue weighted by Gasteiger charge is 2.40. The van der Waals surface area contributed by atoms with Crippen molar-refractivity contribution in [3.63, 3.8) is 0 Å². The molecule has 0 aliphatic rings. The van der Waals surface area contributed by atoms with Gasteiger partial charge >= 0.3 is 11.9 Å². The van der Waals surface area contributed by atoms with Gasteiger partial charge in [0, 0.05) is 0 Å². The summed E-state index contributed by atoms with van der Waals surface area (Å²) < 4.78 is 35.2. The van der Waals surface area contributed by atoms with Crippen LogP contribution < -0.4 is 0 Å². The van der Waals surface area contributed by atoms with Crippen LogP contribution >= 0.6 is 0 Å². The summed E-state index contributed by atoms with van der Waals surface area (Å²) in [6.45, 7) is 0. The third-order valence-electron chi connectivity index (χ3n) is 1.09. The number of hydrogen-bond donors (Lipinski definition) is 2. The predicted octanol–water partition coefficient (Wildman–Crippen LogP) is 0.375. The molecule has 2 N–H and O–H groups in total. The molecule has 1 atom stereocenters. The molecule has 0 fully saturated rings. The molecule has 4 nitrogen and oxygen atoms in total. The van der Waals surface area contributed by atoms with E-state index in [1.807, 2.05) is 0 Å². The fourth-order valence-electron chi connectivity index (χ4n) is 0.524. The van der Waals surface area contributed by atoms with Crippen LogP contribution in [0.15, 0.2) is 0 Å². The van der Waals surface area contributed by atoms with Crippen molar-refractivity contribution >= 4 is 11.9 Å². The lowest BCUT2D eigenvalue weighted by Crippen LogP contribution is -2.36. The molecule has 0 radical (unpaired) electrons. The van der Waals surface area contributed by atoms with Crippen molar-refractivity contribution in [2.45, 2.75) is 12.6 Å². The van der Waals surface area contributed by atoms with Crippen LogP contribution in [0.3, 0.4) is 0 Å². The highest BCUT2D eigenvalue weighted by molar-refractivity contribution is 5.93. The molecule has 70 valence electrons. The summed E-state index contributed by atoms with van der Waals surface area (Å²) in [6, 6.07) is 0. The average Bonchev–Trinajstić information content (AvgIpc) is 1.85. The summed E-state index contributed by atoms with van der Waals surface area (Å²) in [5, 5.41) is 16.0. The van der Waals surface area contributed by atoms with E-state index >= 15 is 0 Å². The van der Waals surface area contributed by atoms with Crippen molar-refractivity contribution in [3.8, 4) is 0 Å². The normalized spacial score (nSPS) is 13.4. The van der Waals surface area contributed by atoms with Gasteiger partial charge in [0.1, 0.15) is 0 Å². The summed E-state index contributed by atoms with van der Waals surface area (Å²) in [6.07, 6.45) is -6.79. The second kappa shape index (κ2) is 3.93. The molecule has 12 heavy (non-hydrogen) atoms. The first kappa shape index (κ1) is 10.7. The number of hydrogen-bond acceptors (Lipinski definition) is 2. The Bertz CT molecular complexity index is 179. The van der Waals surface area contributed by atoms with Crippen molar-refractivity contribution in [3.05, 3.63) is 0 Å².